The molecular formula is C16H20O3. The van der Waals surface area contributed by atoms with Crippen molar-refractivity contribution in [1.29, 1.82) is 0 Å². The van der Waals surface area contributed by atoms with Crippen molar-refractivity contribution in [3.05, 3.63) is 42.0 Å². The molecule has 19 heavy (non-hydrogen) atoms. The van der Waals surface area contributed by atoms with Gasteiger partial charge in [-0.15, -0.1) is 0 Å². The van der Waals surface area contributed by atoms with Crippen molar-refractivity contribution in [1.82, 2.24) is 0 Å². The highest BCUT2D eigenvalue weighted by molar-refractivity contribution is 5.92. The maximum Gasteiger partial charge on any atom is 0.341 e. The second kappa shape index (κ2) is 6.98. The van der Waals surface area contributed by atoms with E-state index < -0.39 is 0 Å². The van der Waals surface area contributed by atoms with Gasteiger partial charge < -0.3 is 9.47 Å². The number of hydrogen-bond donors (Lipinski definition) is 0. The molecule has 1 aliphatic carbocycles. The quantitative estimate of drug-likeness (QED) is 0.599. The van der Waals surface area contributed by atoms with E-state index >= 15 is 0 Å². The number of carbonyl (C=O) groups is 1. The smallest absolute Gasteiger partial charge is 0.341 e. The largest absolute Gasteiger partial charge is 0.493 e. The van der Waals surface area contributed by atoms with E-state index in [1.54, 1.807) is 12.1 Å². The third kappa shape index (κ3) is 3.85. The van der Waals surface area contributed by atoms with Crippen LogP contribution in [0.3, 0.4) is 0 Å². The lowest BCUT2D eigenvalue weighted by Gasteiger charge is -2.18. The van der Waals surface area contributed by atoms with Gasteiger partial charge in [0.25, 0.3) is 0 Å². The maximum atomic E-state index is 12.1. The summed E-state index contributed by atoms with van der Waals surface area (Å²) in [5, 5.41) is 0. The van der Waals surface area contributed by atoms with E-state index in [4.69, 9.17) is 9.47 Å². The van der Waals surface area contributed by atoms with Crippen LogP contribution in [0, 0.1) is 5.92 Å². The molecule has 0 amide bonds. The molecule has 1 aromatic carbocycles. The fourth-order valence-corrected chi connectivity index (χ4v) is 2.20. The summed E-state index contributed by atoms with van der Waals surface area (Å²) in [6.07, 6.45) is 7.52. The van der Waals surface area contributed by atoms with Gasteiger partial charge in [0.15, 0.2) is 0 Å². The average Bonchev–Trinajstić information content (AvgIpc) is 2.47. The van der Waals surface area contributed by atoms with Gasteiger partial charge in [-0.1, -0.05) is 24.3 Å². The molecule has 0 saturated carbocycles. The van der Waals surface area contributed by atoms with Crippen molar-refractivity contribution in [3.63, 3.8) is 0 Å². The van der Waals surface area contributed by atoms with E-state index in [0.717, 1.165) is 19.3 Å². The van der Waals surface area contributed by atoms with Crippen molar-refractivity contribution < 1.29 is 14.3 Å². The molecule has 0 N–H and O–H groups in total. The van der Waals surface area contributed by atoms with Crippen molar-refractivity contribution in [2.24, 2.45) is 5.92 Å². The summed E-state index contributed by atoms with van der Waals surface area (Å²) < 4.78 is 10.8. The molecule has 1 atom stereocenters. The molecular weight excluding hydrogens is 240 g/mol. The van der Waals surface area contributed by atoms with Crippen LogP contribution in [0.2, 0.25) is 0 Å². The van der Waals surface area contributed by atoms with Crippen LogP contribution < -0.4 is 4.74 Å². The van der Waals surface area contributed by atoms with Gasteiger partial charge in [0.2, 0.25) is 0 Å². The standard InChI is InChI=1S/C16H20O3/c1-2-18-15-11-7-6-10-14(15)16(17)19-12-13-8-4-3-5-9-13/h3-4,6-7,10-11,13H,2,5,8-9,12H2,1H3. The third-order valence-corrected chi connectivity index (χ3v) is 3.23. The molecule has 3 nitrogen and oxygen atoms in total. The maximum absolute atomic E-state index is 12.1. The highest BCUT2D eigenvalue weighted by atomic mass is 16.5. The molecule has 102 valence electrons. The first-order valence-corrected chi connectivity index (χ1v) is 6.85. The number of allylic oxidation sites excluding steroid dienone is 2. The Bertz CT molecular complexity index is 451. The molecule has 0 aliphatic heterocycles. The first-order valence-electron chi connectivity index (χ1n) is 6.85. The Kier molecular flexibility index (Phi) is 5.01. The Balaban J connectivity index is 1.93. The number of hydrogen-bond acceptors (Lipinski definition) is 3. The molecule has 1 aromatic rings. The summed E-state index contributed by atoms with van der Waals surface area (Å²) >= 11 is 0. The topological polar surface area (TPSA) is 35.5 Å². The average molecular weight is 260 g/mol. The number of ether oxygens (including phenoxy) is 2. The van der Waals surface area contributed by atoms with Crippen LogP contribution in [0.25, 0.3) is 0 Å². The Labute approximate surface area is 114 Å². The van der Waals surface area contributed by atoms with Crippen molar-refractivity contribution in [3.8, 4) is 5.75 Å². The van der Waals surface area contributed by atoms with Crippen LogP contribution in [0.1, 0.15) is 36.5 Å². The summed E-state index contributed by atoms with van der Waals surface area (Å²) in [6.45, 7) is 2.93. The van der Waals surface area contributed by atoms with Gasteiger partial charge in [-0.2, -0.15) is 0 Å². The van der Waals surface area contributed by atoms with Crippen LogP contribution in [0.5, 0.6) is 5.75 Å². The molecule has 0 radical (unpaired) electrons. The molecule has 0 fully saturated rings. The zero-order valence-corrected chi connectivity index (χ0v) is 11.3. The third-order valence-electron chi connectivity index (χ3n) is 3.23. The Morgan fingerprint density at radius 1 is 1.32 bits per heavy atom. The van der Waals surface area contributed by atoms with E-state index in [9.17, 15) is 4.79 Å². The van der Waals surface area contributed by atoms with Crippen molar-refractivity contribution in [2.75, 3.05) is 13.2 Å². The molecule has 0 spiro atoms. The Morgan fingerprint density at radius 3 is 2.89 bits per heavy atom. The predicted octanol–water partition coefficient (Wildman–Crippen LogP) is 3.60. The monoisotopic (exact) mass is 260 g/mol. The molecule has 0 bridgehead atoms. The van der Waals surface area contributed by atoms with Crippen molar-refractivity contribution >= 4 is 5.97 Å². The lowest BCUT2D eigenvalue weighted by Crippen LogP contribution is -2.16. The molecule has 1 aliphatic rings. The zero-order chi connectivity index (χ0) is 13.5. The number of benzene rings is 1. The van der Waals surface area contributed by atoms with Gasteiger partial charge >= 0.3 is 5.97 Å². The number of esters is 1. The predicted molar refractivity (Wildman–Crippen MR) is 74.4 cm³/mol. The lowest BCUT2D eigenvalue weighted by atomic mass is 9.95. The van der Waals surface area contributed by atoms with E-state index in [1.165, 1.54) is 0 Å². The van der Waals surface area contributed by atoms with Crippen LogP contribution >= 0.6 is 0 Å². The second-order valence-electron chi connectivity index (χ2n) is 4.68. The summed E-state index contributed by atoms with van der Waals surface area (Å²) in [6, 6.07) is 7.22. The zero-order valence-electron chi connectivity index (χ0n) is 11.3. The minimum atomic E-state index is -0.293. The van der Waals surface area contributed by atoms with Gasteiger partial charge in [0.1, 0.15) is 11.3 Å². The highest BCUT2D eigenvalue weighted by Gasteiger charge is 2.16. The van der Waals surface area contributed by atoms with Gasteiger partial charge in [-0.05, 0) is 44.2 Å². The SMILES string of the molecule is CCOc1ccccc1C(=O)OCC1CC=CCC1. The number of para-hydroxylation sites is 1. The van der Waals surface area contributed by atoms with Gasteiger partial charge in [0.05, 0.1) is 13.2 Å². The van der Waals surface area contributed by atoms with Crippen LogP contribution in [0.4, 0.5) is 0 Å². The molecule has 0 saturated heterocycles. The van der Waals surface area contributed by atoms with Crippen LogP contribution in [-0.4, -0.2) is 19.2 Å². The Hall–Kier alpha value is -1.77. The summed E-state index contributed by atoms with van der Waals surface area (Å²) in [4.78, 5) is 12.1. The van der Waals surface area contributed by atoms with Gasteiger partial charge in [0, 0.05) is 0 Å². The summed E-state index contributed by atoms with van der Waals surface area (Å²) in [5.74, 6) is 0.755. The first kappa shape index (κ1) is 13.7. The van der Waals surface area contributed by atoms with Crippen molar-refractivity contribution in [2.45, 2.75) is 26.2 Å². The molecule has 0 aromatic heterocycles. The Morgan fingerprint density at radius 2 is 2.16 bits per heavy atom. The van der Waals surface area contributed by atoms with E-state index in [2.05, 4.69) is 12.2 Å². The summed E-state index contributed by atoms with van der Waals surface area (Å²) in [5.41, 5.74) is 0.510. The van der Waals surface area contributed by atoms with Crippen LogP contribution in [0.15, 0.2) is 36.4 Å². The van der Waals surface area contributed by atoms with E-state index in [-0.39, 0.29) is 5.97 Å². The minimum absolute atomic E-state index is 0.293. The molecule has 2 rings (SSSR count). The van der Waals surface area contributed by atoms with Gasteiger partial charge in [-0.25, -0.2) is 4.79 Å². The molecule has 1 unspecified atom stereocenters. The molecule has 3 heteroatoms. The fourth-order valence-electron chi connectivity index (χ4n) is 2.20. The highest BCUT2D eigenvalue weighted by Crippen LogP contribution is 2.21. The van der Waals surface area contributed by atoms with Crippen LogP contribution in [-0.2, 0) is 4.74 Å². The lowest BCUT2D eigenvalue weighted by molar-refractivity contribution is 0.0428. The van der Waals surface area contributed by atoms with E-state index in [1.807, 2.05) is 19.1 Å². The second-order valence-corrected chi connectivity index (χ2v) is 4.68. The minimum Gasteiger partial charge on any atom is -0.493 e. The van der Waals surface area contributed by atoms with Gasteiger partial charge in [-0.3, -0.25) is 0 Å². The summed E-state index contributed by atoms with van der Waals surface area (Å²) in [7, 11) is 0. The first-order chi connectivity index (χ1) is 9.31. The number of rotatable bonds is 5. The van der Waals surface area contributed by atoms with E-state index in [0.29, 0.717) is 30.4 Å². The fraction of sp³-hybridized carbons (Fsp3) is 0.438. The normalized spacial score (nSPS) is 18.1. The number of carbonyl (C=O) groups excluding carboxylic acids is 1. The molecule has 0 heterocycles.